The van der Waals surface area contributed by atoms with Gasteiger partial charge in [0.05, 0.1) is 6.61 Å². The summed E-state index contributed by atoms with van der Waals surface area (Å²) in [6, 6.07) is 1.13. The normalized spacial score (nSPS) is 42.0. The van der Waals surface area contributed by atoms with Gasteiger partial charge in [-0.2, -0.15) is 0 Å². The lowest BCUT2D eigenvalue weighted by atomic mass is 9.97. The molecule has 2 rings (SSSR count). The molecule has 4 atom stereocenters. The van der Waals surface area contributed by atoms with Gasteiger partial charge >= 0.3 is 0 Å². The first-order valence-corrected chi connectivity index (χ1v) is 7.58. The predicted octanol–water partition coefficient (Wildman–Crippen LogP) is 1.86. The molecule has 0 bridgehead atoms. The number of hydrogen-bond acceptors (Lipinski definition) is 3. The molecule has 2 N–H and O–H groups in total. The molecule has 4 unspecified atom stereocenters. The summed E-state index contributed by atoms with van der Waals surface area (Å²) >= 11 is 0. The van der Waals surface area contributed by atoms with E-state index in [1.807, 2.05) is 0 Å². The van der Waals surface area contributed by atoms with Crippen LogP contribution in [-0.4, -0.2) is 47.3 Å². The molecule has 1 saturated carbocycles. The molecular formula is C15H30N2O. The van der Waals surface area contributed by atoms with Gasteiger partial charge in [-0.3, -0.25) is 4.90 Å². The fourth-order valence-corrected chi connectivity index (χ4v) is 3.81. The van der Waals surface area contributed by atoms with E-state index in [1.165, 1.54) is 19.5 Å². The van der Waals surface area contributed by atoms with Crippen LogP contribution < -0.4 is 5.32 Å². The molecule has 0 spiro atoms. The zero-order chi connectivity index (χ0) is 13.3. The van der Waals surface area contributed by atoms with E-state index in [-0.39, 0.29) is 12.1 Å². The summed E-state index contributed by atoms with van der Waals surface area (Å²) in [4.78, 5) is 2.66. The summed E-state index contributed by atoms with van der Waals surface area (Å²) in [6.07, 6.45) is 3.46. The topological polar surface area (TPSA) is 35.5 Å². The Morgan fingerprint density at radius 3 is 2.39 bits per heavy atom. The van der Waals surface area contributed by atoms with Crippen molar-refractivity contribution in [3.8, 4) is 0 Å². The molecule has 2 aliphatic rings. The van der Waals surface area contributed by atoms with Gasteiger partial charge in [-0.25, -0.2) is 0 Å². The van der Waals surface area contributed by atoms with Crippen LogP contribution in [0.1, 0.15) is 47.0 Å². The number of hydrogen-bond donors (Lipinski definition) is 2. The van der Waals surface area contributed by atoms with Crippen molar-refractivity contribution < 1.29 is 5.11 Å². The highest BCUT2D eigenvalue weighted by molar-refractivity contribution is 5.01. The van der Waals surface area contributed by atoms with Crippen LogP contribution in [0, 0.1) is 11.8 Å². The molecule has 0 aromatic heterocycles. The maximum absolute atomic E-state index is 9.75. The Morgan fingerprint density at radius 1 is 1.28 bits per heavy atom. The molecule has 106 valence electrons. The summed E-state index contributed by atoms with van der Waals surface area (Å²) < 4.78 is 0. The molecule has 18 heavy (non-hydrogen) atoms. The van der Waals surface area contributed by atoms with Crippen molar-refractivity contribution in [2.75, 3.05) is 19.7 Å². The van der Waals surface area contributed by atoms with Crippen LogP contribution in [0.2, 0.25) is 0 Å². The lowest BCUT2D eigenvalue weighted by Crippen LogP contribution is -2.50. The minimum Gasteiger partial charge on any atom is -0.394 e. The Bertz CT molecular complexity index is 272. The van der Waals surface area contributed by atoms with Gasteiger partial charge in [0.2, 0.25) is 0 Å². The molecule has 2 fully saturated rings. The van der Waals surface area contributed by atoms with Crippen LogP contribution >= 0.6 is 0 Å². The molecule has 3 heteroatoms. The summed E-state index contributed by atoms with van der Waals surface area (Å²) in [5, 5.41) is 13.4. The highest BCUT2D eigenvalue weighted by atomic mass is 16.3. The SMILES string of the molecule is CC(C)NC1(CO)CCC(N2CC(C)C(C)C2)C1. The molecule has 1 aliphatic heterocycles. The minimum atomic E-state index is -0.0199. The van der Waals surface area contributed by atoms with Crippen LogP contribution in [0.3, 0.4) is 0 Å². The number of nitrogens with zero attached hydrogens (tertiary/aromatic N) is 1. The van der Waals surface area contributed by atoms with Crippen molar-refractivity contribution in [2.24, 2.45) is 11.8 Å². The second kappa shape index (κ2) is 5.48. The molecule has 0 aromatic carbocycles. The Kier molecular flexibility index (Phi) is 4.35. The van der Waals surface area contributed by atoms with Crippen LogP contribution in [-0.2, 0) is 0 Å². The summed E-state index contributed by atoms with van der Waals surface area (Å²) in [5.74, 6) is 1.65. The van der Waals surface area contributed by atoms with Gasteiger partial charge in [0.25, 0.3) is 0 Å². The van der Waals surface area contributed by atoms with Crippen molar-refractivity contribution in [3.05, 3.63) is 0 Å². The van der Waals surface area contributed by atoms with Crippen molar-refractivity contribution >= 4 is 0 Å². The second-order valence-electron chi connectivity index (χ2n) is 7.04. The minimum absolute atomic E-state index is 0.0199. The molecular weight excluding hydrogens is 224 g/mol. The zero-order valence-corrected chi connectivity index (χ0v) is 12.4. The van der Waals surface area contributed by atoms with E-state index in [0.717, 1.165) is 24.7 Å². The van der Waals surface area contributed by atoms with E-state index in [1.54, 1.807) is 0 Å². The number of rotatable bonds is 4. The van der Waals surface area contributed by atoms with Gasteiger partial charge in [-0.15, -0.1) is 0 Å². The van der Waals surface area contributed by atoms with Gasteiger partial charge in [0, 0.05) is 30.7 Å². The van der Waals surface area contributed by atoms with Gasteiger partial charge in [0.1, 0.15) is 0 Å². The molecule has 0 aromatic rings. The van der Waals surface area contributed by atoms with E-state index in [2.05, 4.69) is 37.9 Å². The number of aliphatic hydroxyl groups excluding tert-OH is 1. The monoisotopic (exact) mass is 254 g/mol. The first-order valence-electron chi connectivity index (χ1n) is 7.58. The summed E-state index contributed by atoms with van der Waals surface area (Å²) in [7, 11) is 0. The van der Waals surface area contributed by atoms with E-state index < -0.39 is 0 Å². The van der Waals surface area contributed by atoms with Crippen LogP contribution in [0.25, 0.3) is 0 Å². The van der Waals surface area contributed by atoms with Crippen LogP contribution in [0.4, 0.5) is 0 Å². The molecule has 0 amide bonds. The fraction of sp³-hybridized carbons (Fsp3) is 1.00. The van der Waals surface area contributed by atoms with Gasteiger partial charge in [-0.05, 0) is 31.1 Å². The fourth-order valence-electron chi connectivity index (χ4n) is 3.81. The van der Waals surface area contributed by atoms with E-state index >= 15 is 0 Å². The zero-order valence-electron chi connectivity index (χ0n) is 12.4. The maximum atomic E-state index is 9.75. The van der Waals surface area contributed by atoms with Crippen LogP contribution in [0.15, 0.2) is 0 Å². The Labute approximate surface area is 112 Å². The summed E-state index contributed by atoms with van der Waals surface area (Å²) in [6.45, 7) is 11.8. The third-order valence-electron chi connectivity index (χ3n) is 5.01. The highest BCUT2D eigenvalue weighted by Gasteiger charge is 2.43. The quantitative estimate of drug-likeness (QED) is 0.804. The third-order valence-corrected chi connectivity index (χ3v) is 5.01. The first kappa shape index (κ1) is 14.3. The van der Waals surface area contributed by atoms with Crippen molar-refractivity contribution in [3.63, 3.8) is 0 Å². The lowest BCUT2D eigenvalue weighted by Gasteiger charge is -2.32. The van der Waals surface area contributed by atoms with Crippen molar-refractivity contribution in [1.82, 2.24) is 10.2 Å². The second-order valence-corrected chi connectivity index (χ2v) is 7.04. The Hall–Kier alpha value is -0.120. The molecule has 1 heterocycles. The lowest BCUT2D eigenvalue weighted by molar-refractivity contribution is 0.141. The predicted molar refractivity (Wildman–Crippen MR) is 75.6 cm³/mol. The molecule has 1 saturated heterocycles. The Morgan fingerprint density at radius 2 is 1.89 bits per heavy atom. The van der Waals surface area contributed by atoms with E-state index in [4.69, 9.17) is 0 Å². The maximum Gasteiger partial charge on any atom is 0.0614 e. The van der Waals surface area contributed by atoms with Crippen LogP contribution in [0.5, 0.6) is 0 Å². The molecule has 0 radical (unpaired) electrons. The molecule has 1 aliphatic carbocycles. The third kappa shape index (κ3) is 2.89. The number of likely N-dealkylation sites (tertiary alicyclic amines) is 1. The highest BCUT2D eigenvalue weighted by Crippen LogP contribution is 2.36. The van der Waals surface area contributed by atoms with E-state index in [9.17, 15) is 5.11 Å². The average molecular weight is 254 g/mol. The van der Waals surface area contributed by atoms with Gasteiger partial charge in [0.15, 0.2) is 0 Å². The van der Waals surface area contributed by atoms with Gasteiger partial charge in [-0.1, -0.05) is 27.7 Å². The van der Waals surface area contributed by atoms with Crippen molar-refractivity contribution in [1.29, 1.82) is 0 Å². The van der Waals surface area contributed by atoms with E-state index in [0.29, 0.717) is 12.1 Å². The smallest absolute Gasteiger partial charge is 0.0614 e. The average Bonchev–Trinajstić information content (AvgIpc) is 2.84. The Balaban J connectivity index is 1.95. The largest absolute Gasteiger partial charge is 0.394 e. The first-order chi connectivity index (χ1) is 8.46. The number of aliphatic hydroxyl groups is 1. The van der Waals surface area contributed by atoms with Crippen molar-refractivity contribution in [2.45, 2.75) is 64.6 Å². The number of nitrogens with one attached hydrogen (secondary N) is 1. The molecule has 3 nitrogen and oxygen atoms in total. The van der Waals surface area contributed by atoms with Gasteiger partial charge < -0.3 is 10.4 Å². The summed E-state index contributed by atoms with van der Waals surface area (Å²) in [5.41, 5.74) is -0.0199. The standard InChI is InChI=1S/C15H30N2O/c1-11(2)16-15(10-18)6-5-14(7-15)17-8-12(3)13(4)9-17/h11-14,16,18H,5-10H2,1-4H3.